The molecule has 11 aromatic rings. The van der Waals surface area contributed by atoms with Crippen molar-refractivity contribution in [1.29, 1.82) is 0 Å². The van der Waals surface area contributed by atoms with Gasteiger partial charge in [-0.2, -0.15) is 0 Å². The van der Waals surface area contributed by atoms with Crippen LogP contribution in [0.25, 0.3) is 82.1 Å². The molecule has 262 valence electrons. The van der Waals surface area contributed by atoms with Crippen LogP contribution in [0.15, 0.2) is 218 Å². The largest absolute Gasteiger partial charge is 0.310 e. The molecule has 1 heterocycles. The Balaban J connectivity index is 1.01. The van der Waals surface area contributed by atoms with Gasteiger partial charge >= 0.3 is 0 Å². The molecule has 0 saturated carbocycles. The normalized spacial score (nSPS) is 11.6. The summed E-state index contributed by atoms with van der Waals surface area (Å²) in [4.78, 5) is 2.37. The summed E-state index contributed by atoms with van der Waals surface area (Å²) in [6.07, 6.45) is 0. The molecule has 0 unspecified atom stereocenters. The van der Waals surface area contributed by atoms with Gasteiger partial charge in [-0.1, -0.05) is 146 Å². The Kier molecular flexibility index (Phi) is 7.53. The molecule has 0 saturated heterocycles. The Morgan fingerprint density at radius 3 is 1.52 bits per heavy atom. The van der Waals surface area contributed by atoms with Crippen molar-refractivity contribution in [2.24, 2.45) is 0 Å². The molecular formula is C54H36N2. The summed E-state index contributed by atoms with van der Waals surface area (Å²) in [5, 5.41) is 9.94. The van der Waals surface area contributed by atoms with Crippen LogP contribution in [0, 0.1) is 0 Å². The molecule has 11 rings (SSSR count). The van der Waals surface area contributed by atoms with Gasteiger partial charge in [0, 0.05) is 33.5 Å². The Morgan fingerprint density at radius 1 is 0.268 bits per heavy atom. The maximum atomic E-state index is 2.42. The average Bonchev–Trinajstić information content (AvgIpc) is 3.59. The maximum absolute atomic E-state index is 2.42. The van der Waals surface area contributed by atoms with Crippen molar-refractivity contribution in [3.63, 3.8) is 0 Å². The van der Waals surface area contributed by atoms with Gasteiger partial charge in [0.1, 0.15) is 0 Å². The second-order valence-electron chi connectivity index (χ2n) is 14.6. The Labute approximate surface area is 325 Å². The second kappa shape index (κ2) is 13.2. The molecule has 56 heavy (non-hydrogen) atoms. The molecule has 0 amide bonds. The molecule has 0 fully saturated rings. The first-order valence-corrected chi connectivity index (χ1v) is 19.2. The smallest absolute Gasteiger partial charge is 0.0547 e. The molecule has 1 aromatic heterocycles. The molecule has 0 bridgehead atoms. The van der Waals surface area contributed by atoms with E-state index in [2.05, 4.69) is 228 Å². The highest BCUT2D eigenvalue weighted by molar-refractivity contribution is 6.13. The number of nitrogens with zero attached hydrogens (tertiary/aromatic N) is 2. The van der Waals surface area contributed by atoms with E-state index in [9.17, 15) is 0 Å². The van der Waals surface area contributed by atoms with Crippen LogP contribution in [0.1, 0.15) is 0 Å². The van der Waals surface area contributed by atoms with E-state index < -0.39 is 0 Å². The second-order valence-corrected chi connectivity index (χ2v) is 14.6. The van der Waals surface area contributed by atoms with E-state index >= 15 is 0 Å². The van der Waals surface area contributed by atoms with Crippen molar-refractivity contribution >= 4 is 71.2 Å². The van der Waals surface area contributed by atoms with Gasteiger partial charge in [0.05, 0.1) is 11.0 Å². The van der Waals surface area contributed by atoms with Crippen molar-refractivity contribution in [2.75, 3.05) is 4.90 Å². The van der Waals surface area contributed by atoms with Gasteiger partial charge in [0.2, 0.25) is 0 Å². The first-order chi connectivity index (χ1) is 27.7. The number of aromatic nitrogens is 1. The van der Waals surface area contributed by atoms with E-state index in [1.165, 1.54) is 76.4 Å². The zero-order valence-electron chi connectivity index (χ0n) is 30.7. The molecule has 2 heteroatoms. The minimum atomic E-state index is 1.11. The lowest BCUT2D eigenvalue weighted by atomic mass is 10.0. The van der Waals surface area contributed by atoms with Crippen LogP contribution < -0.4 is 4.90 Å². The van der Waals surface area contributed by atoms with Crippen LogP contribution in [0.3, 0.4) is 0 Å². The summed E-state index contributed by atoms with van der Waals surface area (Å²) >= 11 is 0. The summed E-state index contributed by atoms with van der Waals surface area (Å²) in [6.45, 7) is 0. The Bertz CT molecular complexity index is 3230. The Morgan fingerprint density at radius 2 is 0.768 bits per heavy atom. The van der Waals surface area contributed by atoms with Crippen molar-refractivity contribution in [3.8, 4) is 27.9 Å². The van der Waals surface area contributed by atoms with Gasteiger partial charge in [0.15, 0.2) is 0 Å². The molecule has 0 radical (unpaired) electrons. The summed E-state index contributed by atoms with van der Waals surface area (Å²) in [5.41, 5.74) is 11.7. The fraction of sp³-hybridized carbons (Fsp3) is 0. The molecule has 0 aliphatic rings. The zero-order chi connectivity index (χ0) is 37.0. The minimum Gasteiger partial charge on any atom is -0.310 e. The molecule has 0 aliphatic carbocycles. The van der Waals surface area contributed by atoms with Crippen LogP contribution >= 0.6 is 0 Å². The van der Waals surface area contributed by atoms with E-state index in [1.807, 2.05) is 0 Å². The van der Waals surface area contributed by atoms with E-state index in [1.54, 1.807) is 0 Å². The first-order valence-electron chi connectivity index (χ1n) is 19.2. The highest BCUT2D eigenvalue weighted by Gasteiger charge is 2.16. The minimum absolute atomic E-state index is 1.11. The SMILES string of the molecule is c1ccc(-c2ccc(N(c3ccc(-c4ccc5ccccc5c4)cc3)c3ccc4cc(-n5c6ccccc6c6cc7ccccc7cc65)ccc4c3)cc2)cc1. The molecule has 0 aliphatic heterocycles. The highest BCUT2D eigenvalue weighted by Crippen LogP contribution is 2.40. The van der Waals surface area contributed by atoms with Crippen LogP contribution in [0.2, 0.25) is 0 Å². The molecule has 0 spiro atoms. The van der Waals surface area contributed by atoms with Crippen LogP contribution in [0.4, 0.5) is 17.1 Å². The molecule has 0 N–H and O–H groups in total. The number of hydrogen-bond acceptors (Lipinski definition) is 1. The number of anilines is 3. The monoisotopic (exact) mass is 712 g/mol. The van der Waals surface area contributed by atoms with Crippen molar-refractivity contribution in [1.82, 2.24) is 4.57 Å². The summed E-state index contributed by atoms with van der Waals surface area (Å²) in [7, 11) is 0. The molecule has 10 aromatic carbocycles. The fourth-order valence-corrected chi connectivity index (χ4v) is 8.48. The summed E-state index contributed by atoms with van der Waals surface area (Å²) in [6, 6.07) is 79.5. The van der Waals surface area contributed by atoms with E-state index in [0.29, 0.717) is 0 Å². The predicted octanol–water partition coefficient (Wildman–Crippen LogP) is 15.0. The predicted molar refractivity (Wildman–Crippen MR) is 239 cm³/mol. The van der Waals surface area contributed by atoms with Crippen molar-refractivity contribution < 1.29 is 0 Å². The number of benzene rings is 10. The average molecular weight is 713 g/mol. The lowest BCUT2D eigenvalue weighted by Crippen LogP contribution is -2.09. The lowest BCUT2D eigenvalue weighted by Gasteiger charge is -2.26. The number of rotatable bonds is 6. The van der Waals surface area contributed by atoms with E-state index in [0.717, 1.165) is 22.7 Å². The lowest BCUT2D eigenvalue weighted by molar-refractivity contribution is 1.19. The molecule has 0 atom stereocenters. The third-order valence-corrected chi connectivity index (χ3v) is 11.3. The van der Waals surface area contributed by atoms with Gasteiger partial charge in [-0.05, 0) is 127 Å². The van der Waals surface area contributed by atoms with Gasteiger partial charge in [0.25, 0.3) is 0 Å². The van der Waals surface area contributed by atoms with Gasteiger partial charge in [-0.25, -0.2) is 0 Å². The van der Waals surface area contributed by atoms with Gasteiger partial charge < -0.3 is 9.47 Å². The third kappa shape index (κ3) is 5.51. The molecular weight excluding hydrogens is 677 g/mol. The quantitative estimate of drug-likeness (QED) is 0.167. The van der Waals surface area contributed by atoms with Crippen LogP contribution in [0.5, 0.6) is 0 Å². The zero-order valence-corrected chi connectivity index (χ0v) is 30.7. The van der Waals surface area contributed by atoms with E-state index in [-0.39, 0.29) is 0 Å². The number of hydrogen-bond donors (Lipinski definition) is 0. The Hall–Kier alpha value is -7.42. The highest BCUT2D eigenvalue weighted by atomic mass is 15.1. The fourth-order valence-electron chi connectivity index (χ4n) is 8.48. The van der Waals surface area contributed by atoms with Crippen LogP contribution in [-0.4, -0.2) is 4.57 Å². The molecule has 2 nitrogen and oxygen atoms in total. The summed E-state index contributed by atoms with van der Waals surface area (Å²) < 4.78 is 2.42. The van der Waals surface area contributed by atoms with Crippen molar-refractivity contribution in [2.45, 2.75) is 0 Å². The third-order valence-electron chi connectivity index (χ3n) is 11.3. The standard InChI is InChI=1S/C54H36N2/c1-2-10-37(11-3-1)39-20-26-47(27-21-39)55(48-28-22-40(23-29-48)44-19-18-38-12-4-5-13-41(38)32-44)49-30-24-46-34-50(31-25-45(46)33-49)56-53-17-9-8-16-51(53)52-35-42-14-6-7-15-43(42)36-54(52)56/h1-36H. The number of fused-ring (bicyclic) bond motifs is 6. The maximum Gasteiger partial charge on any atom is 0.0547 e. The van der Waals surface area contributed by atoms with Crippen LogP contribution in [-0.2, 0) is 0 Å². The topological polar surface area (TPSA) is 8.17 Å². The van der Waals surface area contributed by atoms with Crippen molar-refractivity contribution in [3.05, 3.63) is 218 Å². The summed E-state index contributed by atoms with van der Waals surface area (Å²) in [5.74, 6) is 0. The number of para-hydroxylation sites is 1. The van der Waals surface area contributed by atoms with Gasteiger partial charge in [-0.3, -0.25) is 0 Å². The first kappa shape index (κ1) is 32.0. The van der Waals surface area contributed by atoms with E-state index in [4.69, 9.17) is 0 Å². The van der Waals surface area contributed by atoms with Gasteiger partial charge in [-0.15, -0.1) is 0 Å².